The Bertz CT molecular complexity index is 1150. The fraction of sp³-hybridized carbons (Fsp3) is 0.375. The average molecular weight is 408 g/mol. The Morgan fingerprint density at radius 1 is 1.20 bits per heavy atom. The lowest BCUT2D eigenvalue weighted by molar-refractivity contribution is 0.0698. The summed E-state index contributed by atoms with van der Waals surface area (Å²) in [4.78, 5) is 29.5. The summed E-state index contributed by atoms with van der Waals surface area (Å²) >= 11 is 0. The van der Waals surface area contributed by atoms with Gasteiger partial charge in [-0.25, -0.2) is 9.78 Å². The van der Waals surface area contributed by atoms with Crippen molar-refractivity contribution in [1.29, 1.82) is 0 Å². The highest BCUT2D eigenvalue weighted by molar-refractivity contribution is 5.94. The third kappa shape index (κ3) is 4.37. The van der Waals surface area contributed by atoms with Crippen molar-refractivity contribution in [3.63, 3.8) is 0 Å². The first-order chi connectivity index (χ1) is 14.2. The van der Waals surface area contributed by atoms with Crippen LogP contribution in [0.15, 0.2) is 41.2 Å². The van der Waals surface area contributed by atoms with Crippen LogP contribution in [-0.2, 0) is 13.5 Å². The van der Waals surface area contributed by atoms with Crippen LogP contribution >= 0.6 is 0 Å². The molecule has 0 saturated carbocycles. The van der Waals surface area contributed by atoms with E-state index in [0.717, 1.165) is 29.8 Å². The van der Waals surface area contributed by atoms with Crippen LogP contribution in [0, 0.1) is 12.8 Å². The molecule has 0 fully saturated rings. The minimum absolute atomic E-state index is 0.0538. The summed E-state index contributed by atoms with van der Waals surface area (Å²) in [5.74, 6) is 0.301. The maximum absolute atomic E-state index is 13.0. The molecule has 0 saturated heterocycles. The van der Waals surface area contributed by atoms with Gasteiger partial charge in [-0.2, -0.15) is 0 Å². The van der Waals surface area contributed by atoms with E-state index in [2.05, 4.69) is 19.2 Å². The summed E-state index contributed by atoms with van der Waals surface area (Å²) in [5.41, 5.74) is 3.22. The number of nitrogens with zero attached hydrogens (tertiary/aromatic N) is 2. The molecule has 6 nitrogen and oxygen atoms in total. The van der Waals surface area contributed by atoms with Crippen LogP contribution in [0.1, 0.15) is 60.5 Å². The van der Waals surface area contributed by atoms with Gasteiger partial charge in [-0.05, 0) is 49.9 Å². The van der Waals surface area contributed by atoms with Gasteiger partial charge in [0.1, 0.15) is 5.82 Å². The first-order valence-corrected chi connectivity index (χ1v) is 10.3. The van der Waals surface area contributed by atoms with Crippen LogP contribution in [0.3, 0.4) is 0 Å². The number of benzene rings is 2. The summed E-state index contributed by atoms with van der Waals surface area (Å²) in [7, 11) is 1.78. The molecule has 1 atom stereocenters. The van der Waals surface area contributed by atoms with E-state index in [1.807, 2.05) is 26.0 Å². The van der Waals surface area contributed by atoms with Gasteiger partial charge in [0, 0.05) is 24.7 Å². The first kappa shape index (κ1) is 21.6. The van der Waals surface area contributed by atoms with Crippen molar-refractivity contribution in [3.8, 4) is 0 Å². The van der Waals surface area contributed by atoms with Gasteiger partial charge >= 0.3 is 5.97 Å². The third-order valence-corrected chi connectivity index (χ3v) is 5.39. The van der Waals surface area contributed by atoms with Crippen LogP contribution in [0.4, 0.5) is 5.69 Å². The quantitative estimate of drug-likeness (QED) is 0.593. The van der Waals surface area contributed by atoms with Crippen molar-refractivity contribution in [2.75, 3.05) is 5.32 Å². The van der Waals surface area contributed by atoms with Crippen molar-refractivity contribution in [2.45, 2.75) is 46.6 Å². The molecule has 0 amide bonds. The molecule has 3 rings (SSSR count). The molecule has 1 unspecified atom stereocenters. The van der Waals surface area contributed by atoms with E-state index < -0.39 is 5.97 Å². The molecule has 158 valence electrons. The molecule has 0 aliphatic heterocycles. The van der Waals surface area contributed by atoms with Crippen LogP contribution in [0.5, 0.6) is 0 Å². The summed E-state index contributed by atoms with van der Waals surface area (Å²) < 4.78 is 1.64. The smallest absolute Gasteiger partial charge is 0.337 e. The van der Waals surface area contributed by atoms with Gasteiger partial charge in [0.2, 0.25) is 0 Å². The van der Waals surface area contributed by atoms with Gasteiger partial charge in [-0.15, -0.1) is 0 Å². The van der Waals surface area contributed by atoms with Crippen LogP contribution in [0.25, 0.3) is 10.9 Å². The first-order valence-electron chi connectivity index (χ1n) is 10.3. The Morgan fingerprint density at radius 2 is 1.90 bits per heavy atom. The summed E-state index contributed by atoms with van der Waals surface area (Å²) in [5, 5.41) is 13.4. The van der Waals surface area contributed by atoms with E-state index in [1.165, 1.54) is 0 Å². The SMILES string of the molecule is Cc1cc(C(C)Nc2ccccc2C(=O)O)c2nc(CCC(C)C)n(C)c(=O)c2c1. The van der Waals surface area contributed by atoms with Gasteiger partial charge in [0.05, 0.1) is 22.5 Å². The number of aryl methyl sites for hydroxylation is 2. The van der Waals surface area contributed by atoms with Crippen molar-refractivity contribution in [1.82, 2.24) is 9.55 Å². The van der Waals surface area contributed by atoms with Gasteiger partial charge in [0.15, 0.2) is 0 Å². The van der Waals surface area contributed by atoms with E-state index in [9.17, 15) is 14.7 Å². The van der Waals surface area contributed by atoms with Gasteiger partial charge in [-0.1, -0.05) is 32.0 Å². The number of fused-ring (bicyclic) bond motifs is 1. The largest absolute Gasteiger partial charge is 0.478 e. The topological polar surface area (TPSA) is 84.2 Å². The van der Waals surface area contributed by atoms with E-state index >= 15 is 0 Å². The second kappa shape index (κ2) is 8.69. The molecule has 0 bridgehead atoms. The Kier molecular flexibility index (Phi) is 6.25. The zero-order valence-corrected chi connectivity index (χ0v) is 18.2. The molecule has 2 aromatic carbocycles. The predicted molar refractivity (Wildman–Crippen MR) is 120 cm³/mol. The second-order valence-corrected chi connectivity index (χ2v) is 8.29. The number of hydrogen-bond donors (Lipinski definition) is 2. The lowest BCUT2D eigenvalue weighted by Gasteiger charge is -2.20. The van der Waals surface area contributed by atoms with Crippen molar-refractivity contribution >= 4 is 22.6 Å². The second-order valence-electron chi connectivity index (χ2n) is 8.29. The number of carbonyl (C=O) groups is 1. The lowest BCUT2D eigenvalue weighted by Crippen LogP contribution is -2.24. The molecule has 6 heteroatoms. The molecule has 30 heavy (non-hydrogen) atoms. The van der Waals surface area contributed by atoms with Crippen molar-refractivity contribution in [2.24, 2.45) is 13.0 Å². The fourth-order valence-corrected chi connectivity index (χ4v) is 3.67. The highest BCUT2D eigenvalue weighted by atomic mass is 16.4. The molecule has 3 aromatic rings. The number of hydrogen-bond acceptors (Lipinski definition) is 4. The van der Waals surface area contributed by atoms with Gasteiger partial charge in [0.25, 0.3) is 5.56 Å². The number of rotatable bonds is 7. The Morgan fingerprint density at radius 3 is 2.57 bits per heavy atom. The average Bonchev–Trinajstić information content (AvgIpc) is 2.69. The zero-order chi connectivity index (χ0) is 22.0. The third-order valence-electron chi connectivity index (χ3n) is 5.39. The minimum atomic E-state index is -0.984. The molecule has 1 heterocycles. The number of aromatic nitrogens is 2. The maximum Gasteiger partial charge on any atom is 0.337 e. The summed E-state index contributed by atoms with van der Waals surface area (Å²) in [6.07, 6.45) is 1.68. The molecule has 0 spiro atoms. The molecule has 1 aromatic heterocycles. The number of anilines is 1. The molecular formula is C24H29N3O3. The molecule has 0 radical (unpaired) electrons. The number of carboxylic acids is 1. The maximum atomic E-state index is 13.0. The van der Waals surface area contributed by atoms with E-state index in [1.54, 1.807) is 35.9 Å². The van der Waals surface area contributed by atoms with E-state index in [4.69, 9.17) is 4.98 Å². The van der Waals surface area contributed by atoms with E-state index in [0.29, 0.717) is 22.5 Å². The molecule has 0 aliphatic rings. The number of aromatic carboxylic acids is 1. The van der Waals surface area contributed by atoms with Crippen LogP contribution in [-0.4, -0.2) is 20.6 Å². The van der Waals surface area contributed by atoms with Crippen LogP contribution < -0.4 is 10.9 Å². The Labute approximate surface area is 176 Å². The minimum Gasteiger partial charge on any atom is -0.478 e. The monoisotopic (exact) mass is 407 g/mol. The Hall–Kier alpha value is -3.15. The highest BCUT2D eigenvalue weighted by Crippen LogP contribution is 2.28. The summed E-state index contributed by atoms with van der Waals surface area (Å²) in [6.45, 7) is 8.21. The van der Waals surface area contributed by atoms with Crippen molar-refractivity contribution < 1.29 is 9.90 Å². The van der Waals surface area contributed by atoms with Crippen LogP contribution in [0.2, 0.25) is 0 Å². The standard InChI is InChI=1S/C24H29N3O3/c1-14(2)10-11-21-26-22-18(12-15(3)13-19(22)23(28)27(21)5)16(4)25-20-9-7-6-8-17(20)24(29)30/h6-9,12-14,16,25H,10-11H2,1-5H3,(H,29,30). The predicted octanol–water partition coefficient (Wildman–Crippen LogP) is 4.70. The normalized spacial score (nSPS) is 12.3. The van der Waals surface area contributed by atoms with E-state index in [-0.39, 0.29) is 17.2 Å². The van der Waals surface area contributed by atoms with Gasteiger partial charge in [-0.3, -0.25) is 9.36 Å². The highest BCUT2D eigenvalue weighted by Gasteiger charge is 2.18. The Balaban J connectivity index is 2.11. The lowest BCUT2D eigenvalue weighted by atomic mass is 10.00. The number of nitrogens with one attached hydrogen (secondary N) is 1. The fourth-order valence-electron chi connectivity index (χ4n) is 3.67. The van der Waals surface area contributed by atoms with Gasteiger partial charge < -0.3 is 10.4 Å². The number of carboxylic acid groups (broad SMARTS) is 1. The van der Waals surface area contributed by atoms with Crippen molar-refractivity contribution in [3.05, 3.63) is 69.3 Å². The zero-order valence-electron chi connectivity index (χ0n) is 18.2. The molecule has 2 N–H and O–H groups in total. The molecular weight excluding hydrogens is 378 g/mol. The molecule has 0 aliphatic carbocycles. The summed E-state index contributed by atoms with van der Waals surface area (Å²) in [6, 6.07) is 10.5. The number of para-hydroxylation sites is 1.